The number of methoxy groups -OCH3 is 1. The van der Waals surface area contributed by atoms with Gasteiger partial charge in [0.2, 0.25) is 0 Å². The average molecular weight is 286 g/mol. The number of amides is 1. The maximum atomic E-state index is 12.1. The van der Waals surface area contributed by atoms with Crippen molar-refractivity contribution in [3.63, 3.8) is 0 Å². The van der Waals surface area contributed by atoms with Gasteiger partial charge >= 0.3 is 6.09 Å². The lowest BCUT2D eigenvalue weighted by Gasteiger charge is -2.36. The Kier molecular flexibility index (Phi) is 6.76. The van der Waals surface area contributed by atoms with Crippen LogP contribution in [0.1, 0.15) is 47.0 Å². The van der Waals surface area contributed by atoms with Gasteiger partial charge < -0.3 is 19.7 Å². The number of likely N-dealkylation sites (tertiary alicyclic amines) is 1. The molecule has 5 nitrogen and oxygen atoms in total. The second kappa shape index (κ2) is 7.84. The van der Waals surface area contributed by atoms with E-state index in [1.807, 2.05) is 25.7 Å². The van der Waals surface area contributed by atoms with E-state index in [0.717, 1.165) is 32.4 Å². The lowest BCUT2D eigenvalue weighted by Crippen LogP contribution is -2.52. The van der Waals surface area contributed by atoms with Gasteiger partial charge in [0.1, 0.15) is 5.60 Å². The zero-order chi connectivity index (χ0) is 15.2. The van der Waals surface area contributed by atoms with Crippen molar-refractivity contribution >= 4 is 6.09 Å². The maximum Gasteiger partial charge on any atom is 0.410 e. The third-order valence-corrected chi connectivity index (χ3v) is 3.41. The van der Waals surface area contributed by atoms with E-state index in [-0.39, 0.29) is 6.09 Å². The van der Waals surface area contributed by atoms with Crippen LogP contribution in [0, 0.1) is 0 Å². The summed E-state index contributed by atoms with van der Waals surface area (Å²) in [5.74, 6) is 0. The van der Waals surface area contributed by atoms with Crippen LogP contribution < -0.4 is 5.32 Å². The van der Waals surface area contributed by atoms with E-state index in [1.165, 1.54) is 0 Å². The molecule has 1 amide bonds. The highest BCUT2D eigenvalue weighted by molar-refractivity contribution is 5.68. The highest BCUT2D eigenvalue weighted by Crippen LogP contribution is 2.16. The smallest absolute Gasteiger partial charge is 0.410 e. The summed E-state index contributed by atoms with van der Waals surface area (Å²) in [6.07, 6.45) is 2.93. The van der Waals surface area contributed by atoms with Gasteiger partial charge in [0, 0.05) is 32.3 Å². The van der Waals surface area contributed by atoms with Crippen LogP contribution in [0.4, 0.5) is 4.79 Å². The molecule has 1 N–H and O–H groups in total. The van der Waals surface area contributed by atoms with Crippen LogP contribution >= 0.6 is 0 Å². The lowest BCUT2D eigenvalue weighted by molar-refractivity contribution is 0.0177. The van der Waals surface area contributed by atoms with Crippen molar-refractivity contribution in [3.05, 3.63) is 0 Å². The topological polar surface area (TPSA) is 50.8 Å². The summed E-state index contributed by atoms with van der Waals surface area (Å²) in [5.41, 5.74) is -0.431. The van der Waals surface area contributed by atoms with Crippen molar-refractivity contribution in [2.24, 2.45) is 0 Å². The van der Waals surface area contributed by atoms with Crippen LogP contribution in [0.25, 0.3) is 0 Å². The Labute approximate surface area is 123 Å². The monoisotopic (exact) mass is 286 g/mol. The molecule has 1 heterocycles. The molecule has 2 unspecified atom stereocenters. The normalized spacial score (nSPS) is 21.6. The van der Waals surface area contributed by atoms with Crippen molar-refractivity contribution < 1.29 is 14.3 Å². The quantitative estimate of drug-likeness (QED) is 0.843. The van der Waals surface area contributed by atoms with Crippen LogP contribution in [0.15, 0.2) is 0 Å². The Morgan fingerprint density at radius 3 is 2.70 bits per heavy atom. The molecule has 0 bridgehead atoms. The fourth-order valence-corrected chi connectivity index (χ4v) is 2.42. The number of hydrogen-bond acceptors (Lipinski definition) is 4. The minimum Gasteiger partial charge on any atom is -0.444 e. The SMILES string of the molecule is CCC(COC)NC1CCCN(C(=O)OC(C)(C)C)C1. The molecule has 0 aliphatic carbocycles. The molecule has 118 valence electrons. The largest absolute Gasteiger partial charge is 0.444 e. The molecule has 2 atom stereocenters. The van der Waals surface area contributed by atoms with E-state index < -0.39 is 5.60 Å². The van der Waals surface area contributed by atoms with Gasteiger partial charge in [-0.25, -0.2) is 4.79 Å². The Hall–Kier alpha value is -0.810. The van der Waals surface area contributed by atoms with Crippen LogP contribution in [0.2, 0.25) is 0 Å². The van der Waals surface area contributed by atoms with Crippen molar-refractivity contribution in [1.29, 1.82) is 0 Å². The Morgan fingerprint density at radius 2 is 2.15 bits per heavy atom. The summed E-state index contributed by atoms with van der Waals surface area (Å²) in [7, 11) is 1.72. The fraction of sp³-hybridized carbons (Fsp3) is 0.933. The summed E-state index contributed by atoms with van der Waals surface area (Å²) < 4.78 is 10.6. The molecule has 1 rings (SSSR count). The number of nitrogens with zero attached hydrogens (tertiary/aromatic N) is 1. The lowest BCUT2D eigenvalue weighted by atomic mass is 10.0. The maximum absolute atomic E-state index is 12.1. The number of ether oxygens (including phenoxy) is 2. The zero-order valence-electron chi connectivity index (χ0n) is 13.6. The molecule has 0 saturated carbocycles. The summed E-state index contributed by atoms with van der Waals surface area (Å²) >= 11 is 0. The molecule has 20 heavy (non-hydrogen) atoms. The summed E-state index contributed by atoms with van der Waals surface area (Å²) in [4.78, 5) is 13.9. The molecule has 1 aliphatic rings. The summed E-state index contributed by atoms with van der Waals surface area (Å²) in [6, 6.07) is 0.681. The summed E-state index contributed by atoms with van der Waals surface area (Å²) in [6.45, 7) is 10.1. The van der Waals surface area contributed by atoms with Gasteiger partial charge in [-0.2, -0.15) is 0 Å². The van der Waals surface area contributed by atoms with Crippen molar-refractivity contribution in [3.8, 4) is 0 Å². The molecule has 0 aromatic carbocycles. The zero-order valence-corrected chi connectivity index (χ0v) is 13.6. The van der Waals surface area contributed by atoms with Crippen LogP contribution in [0.5, 0.6) is 0 Å². The number of nitrogens with one attached hydrogen (secondary N) is 1. The third-order valence-electron chi connectivity index (χ3n) is 3.41. The van der Waals surface area contributed by atoms with Gasteiger partial charge in [-0.05, 0) is 40.0 Å². The molecular formula is C15H30N2O3. The van der Waals surface area contributed by atoms with E-state index in [2.05, 4.69) is 12.2 Å². The summed E-state index contributed by atoms with van der Waals surface area (Å²) in [5, 5.41) is 3.58. The Bertz CT molecular complexity index is 302. The fourth-order valence-electron chi connectivity index (χ4n) is 2.42. The third kappa shape index (κ3) is 6.09. The Morgan fingerprint density at radius 1 is 1.45 bits per heavy atom. The minimum absolute atomic E-state index is 0.205. The van der Waals surface area contributed by atoms with Gasteiger partial charge in [0.05, 0.1) is 6.61 Å². The van der Waals surface area contributed by atoms with Crippen molar-refractivity contribution in [1.82, 2.24) is 10.2 Å². The highest BCUT2D eigenvalue weighted by atomic mass is 16.6. The first kappa shape index (κ1) is 17.2. The second-order valence-electron chi connectivity index (χ2n) is 6.49. The minimum atomic E-state index is -0.431. The predicted molar refractivity (Wildman–Crippen MR) is 79.9 cm³/mol. The van der Waals surface area contributed by atoms with Crippen molar-refractivity contribution in [2.75, 3.05) is 26.8 Å². The average Bonchev–Trinajstić information content (AvgIpc) is 2.36. The van der Waals surface area contributed by atoms with E-state index in [0.29, 0.717) is 18.7 Å². The molecule has 1 fully saturated rings. The number of piperidine rings is 1. The first-order valence-corrected chi connectivity index (χ1v) is 7.58. The molecule has 0 aromatic rings. The van der Waals surface area contributed by atoms with E-state index in [1.54, 1.807) is 7.11 Å². The molecule has 0 radical (unpaired) electrons. The molecule has 1 saturated heterocycles. The van der Waals surface area contributed by atoms with Crippen LogP contribution in [-0.4, -0.2) is 55.5 Å². The first-order valence-electron chi connectivity index (χ1n) is 7.58. The van der Waals surface area contributed by atoms with E-state index in [4.69, 9.17) is 9.47 Å². The molecule has 0 spiro atoms. The number of carbonyl (C=O) groups excluding carboxylic acids is 1. The van der Waals surface area contributed by atoms with Gasteiger partial charge in [-0.3, -0.25) is 0 Å². The van der Waals surface area contributed by atoms with Crippen LogP contribution in [0.3, 0.4) is 0 Å². The molecule has 0 aromatic heterocycles. The number of rotatable bonds is 5. The number of carbonyl (C=O) groups is 1. The number of hydrogen-bond donors (Lipinski definition) is 1. The second-order valence-corrected chi connectivity index (χ2v) is 6.49. The van der Waals surface area contributed by atoms with Gasteiger partial charge in [-0.15, -0.1) is 0 Å². The molecule has 5 heteroatoms. The van der Waals surface area contributed by atoms with Crippen molar-refractivity contribution in [2.45, 2.75) is 64.6 Å². The predicted octanol–water partition coefficient (Wildman–Crippen LogP) is 2.40. The van der Waals surface area contributed by atoms with Gasteiger partial charge in [-0.1, -0.05) is 6.92 Å². The molecule has 1 aliphatic heterocycles. The standard InChI is InChI=1S/C15H30N2O3/c1-6-12(11-19-5)16-13-8-7-9-17(10-13)14(18)20-15(2,3)4/h12-13,16H,6-11H2,1-5H3. The Balaban J connectivity index is 2.47. The van der Waals surface area contributed by atoms with E-state index >= 15 is 0 Å². The first-order chi connectivity index (χ1) is 9.35. The van der Waals surface area contributed by atoms with Gasteiger partial charge in [0.25, 0.3) is 0 Å². The van der Waals surface area contributed by atoms with Gasteiger partial charge in [0.15, 0.2) is 0 Å². The van der Waals surface area contributed by atoms with E-state index in [9.17, 15) is 4.79 Å². The van der Waals surface area contributed by atoms with Crippen LogP contribution in [-0.2, 0) is 9.47 Å². The highest BCUT2D eigenvalue weighted by Gasteiger charge is 2.28. The molecular weight excluding hydrogens is 256 g/mol.